The van der Waals surface area contributed by atoms with Gasteiger partial charge < -0.3 is 0 Å². The van der Waals surface area contributed by atoms with Crippen LogP contribution in [0, 0.1) is 10.1 Å². The van der Waals surface area contributed by atoms with Crippen molar-refractivity contribution in [2.75, 3.05) is 6.26 Å². The minimum Gasteiger partial charge on any atom is -0.258 e. The highest BCUT2D eigenvalue weighted by molar-refractivity contribution is 7.98. The van der Waals surface area contributed by atoms with Crippen molar-refractivity contribution in [1.82, 2.24) is 4.98 Å². The first kappa shape index (κ1) is 11.6. The average Bonchev–Trinajstić information content (AvgIpc) is 2.39. The zero-order valence-corrected chi connectivity index (χ0v) is 9.98. The molecule has 0 radical (unpaired) electrons. The quantitative estimate of drug-likeness (QED) is 0.473. The van der Waals surface area contributed by atoms with Crippen LogP contribution < -0.4 is 0 Å². The molecule has 1 aromatic carbocycles. The van der Waals surface area contributed by atoms with Crippen molar-refractivity contribution in [3.8, 4) is 11.1 Å². The standard InChI is InChI=1S/C12H10N2O2S/c1-17-12-4-2-9(3-5-12)10-6-11(14(15)16)8-13-7-10/h2-8H,1H3. The van der Waals surface area contributed by atoms with E-state index in [0.29, 0.717) is 0 Å². The molecule has 2 aromatic rings. The van der Waals surface area contributed by atoms with Crippen LogP contribution in [0.2, 0.25) is 0 Å². The van der Waals surface area contributed by atoms with Crippen LogP contribution >= 0.6 is 11.8 Å². The summed E-state index contributed by atoms with van der Waals surface area (Å²) in [5.41, 5.74) is 1.70. The predicted octanol–water partition coefficient (Wildman–Crippen LogP) is 3.38. The van der Waals surface area contributed by atoms with Gasteiger partial charge in [0.1, 0.15) is 6.20 Å². The van der Waals surface area contributed by atoms with Gasteiger partial charge in [-0.2, -0.15) is 0 Å². The summed E-state index contributed by atoms with van der Waals surface area (Å²) in [6.07, 6.45) is 4.88. The molecular weight excluding hydrogens is 236 g/mol. The van der Waals surface area contributed by atoms with Gasteiger partial charge in [0, 0.05) is 22.7 Å². The lowest BCUT2D eigenvalue weighted by Crippen LogP contribution is -1.89. The third kappa shape index (κ3) is 2.62. The molecule has 86 valence electrons. The van der Waals surface area contributed by atoms with Crippen molar-refractivity contribution in [2.45, 2.75) is 4.90 Å². The van der Waals surface area contributed by atoms with E-state index in [-0.39, 0.29) is 5.69 Å². The fourth-order valence-electron chi connectivity index (χ4n) is 1.47. The second-order valence-electron chi connectivity index (χ2n) is 3.42. The maximum atomic E-state index is 10.6. The van der Waals surface area contributed by atoms with E-state index in [1.54, 1.807) is 18.0 Å². The molecule has 4 nitrogen and oxygen atoms in total. The average molecular weight is 246 g/mol. The summed E-state index contributed by atoms with van der Waals surface area (Å²) in [7, 11) is 0. The van der Waals surface area contributed by atoms with Crippen molar-refractivity contribution in [2.24, 2.45) is 0 Å². The molecule has 0 atom stereocenters. The third-order valence-electron chi connectivity index (χ3n) is 2.36. The van der Waals surface area contributed by atoms with Crippen LogP contribution in [0.3, 0.4) is 0 Å². The summed E-state index contributed by atoms with van der Waals surface area (Å²) in [6, 6.07) is 9.37. The number of benzene rings is 1. The second kappa shape index (κ2) is 4.97. The van der Waals surface area contributed by atoms with Crippen LogP contribution in [0.5, 0.6) is 0 Å². The van der Waals surface area contributed by atoms with Gasteiger partial charge in [-0.1, -0.05) is 12.1 Å². The van der Waals surface area contributed by atoms with E-state index in [0.717, 1.165) is 16.0 Å². The molecule has 0 unspecified atom stereocenters. The second-order valence-corrected chi connectivity index (χ2v) is 4.30. The van der Waals surface area contributed by atoms with Gasteiger partial charge in [0.25, 0.3) is 5.69 Å². The lowest BCUT2D eigenvalue weighted by Gasteiger charge is -2.02. The number of pyridine rings is 1. The van der Waals surface area contributed by atoms with E-state index in [1.807, 2.05) is 30.5 Å². The monoisotopic (exact) mass is 246 g/mol. The van der Waals surface area contributed by atoms with Crippen LogP contribution in [0.1, 0.15) is 0 Å². The molecule has 0 bridgehead atoms. The van der Waals surface area contributed by atoms with Gasteiger partial charge in [-0.3, -0.25) is 15.1 Å². The highest BCUT2D eigenvalue weighted by Gasteiger charge is 2.07. The first-order valence-electron chi connectivity index (χ1n) is 4.94. The van der Waals surface area contributed by atoms with Crippen LogP contribution in [0.15, 0.2) is 47.6 Å². The van der Waals surface area contributed by atoms with Gasteiger partial charge in [0.15, 0.2) is 0 Å². The fourth-order valence-corrected chi connectivity index (χ4v) is 1.88. The van der Waals surface area contributed by atoms with Crippen LogP contribution in [-0.2, 0) is 0 Å². The number of hydrogen-bond acceptors (Lipinski definition) is 4. The van der Waals surface area contributed by atoms with Gasteiger partial charge in [0.2, 0.25) is 0 Å². The highest BCUT2D eigenvalue weighted by Crippen LogP contribution is 2.24. The minimum atomic E-state index is -0.438. The van der Waals surface area contributed by atoms with Crippen molar-refractivity contribution < 1.29 is 4.92 Å². The Bertz CT molecular complexity index is 540. The minimum absolute atomic E-state index is 0.0106. The zero-order chi connectivity index (χ0) is 12.3. The van der Waals surface area contributed by atoms with Gasteiger partial charge in [-0.15, -0.1) is 11.8 Å². The largest absolute Gasteiger partial charge is 0.288 e. The molecule has 0 saturated heterocycles. The van der Waals surface area contributed by atoms with Gasteiger partial charge in [-0.05, 0) is 24.0 Å². The molecular formula is C12H10N2O2S. The number of nitro groups is 1. The Morgan fingerprint density at radius 2 is 1.88 bits per heavy atom. The summed E-state index contributed by atoms with van der Waals surface area (Å²) in [4.78, 5) is 15.2. The van der Waals surface area contributed by atoms with Crippen LogP contribution in [-0.4, -0.2) is 16.2 Å². The predicted molar refractivity (Wildman–Crippen MR) is 68.1 cm³/mol. The Labute approximate surface area is 103 Å². The number of thioether (sulfide) groups is 1. The Hall–Kier alpha value is -1.88. The lowest BCUT2D eigenvalue weighted by molar-refractivity contribution is -0.385. The van der Waals surface area contributed by atoms with E-state index in [4.69, 9.17) is 0 Å². The number of aromatic nitrogens is 1. The van der Waals surface area contributed by atoms with E-state index in [1.165, 1.54) is 12.3 Å². The molecule has 2 rings (SSSR count). The Balaban J connectivity index is 2.38. The molecule has 0 amide bonds. The number of nitrogens with zero attached hydrogens (tertiary/aromatic N) is 2. The molecule has 0 spiro atoms. The van der Waals surface area contributed by atoms with Crippen LogP contribution in [0.25, 0.3) is 11.1 Å². The molecule has 0 aliphatic rings. The van der Waals surface area contributed by atoms with Crippen LogP contribution in [0.4, 0.5) is 5.69 Å². The summed E-state index contributed by atoms with van der Waals surface area (Å²) < 4.78 is 0. The SMILES string of the molecule is CSc1ccc(-c2cncc([N+](=O)[O-])c2)cc1. The maximum absolute atomic E-state index is 10.6. The molecule has 1 heterocycles. The van der Waals surface area contributed by atoms with Crippen molar-refractivity contribution in [1.29, 1.82) is 0 Å². The molecule has 0 N–H and O–H groups in total. The van der Waals surface area contributed by atoms with Crippen molar-refractivity contribution in [3.63, 3.8) is 0 Å². The van der Waals surface area contributed by atoms with Crippen molar-refractivity contribution in [3.05, 3.63) is 52.8 Å². The first-order chi connectivity index (χ1) is 8.20. The molecule has 5 heteroatoms. The molecule has 0 saturated carbocycles. The summed E-state index contributed by atoms with van der Waals surface area (Å²) >= 11 is 1.66. The lowest BCUT2D eigenvalue weighted by atomic mass is 10.1. The molecule has 17 heavy (non-hydrogen) atoms. The summed E-state index contributed by atoms with van der Waals surface area (Å²) in [5, 5.41) is 10.6. The van der Waals surface area contributed by atoms with Crippen molar-refractivity contribution >= 4 is 17.4 Å². The van der Waals surface area contributed by atoms with E-state index >= 15 is 0 Å². The zero-order valence-electron chi connectivity index (χ0n) is 9.16. The normalized spacial score (nSPS) is 10.2. The first-order valence-corrected chi connectivity index (χ1v) is 6.17. The smallest absolute Gasteiger partial charge is 0.258 e. The van der Waals surface area contributed by atoms with E-state index in [2.05, 4.69) is 4.98 Å². The molecule has 0 aliphatic heterocycles. The summed E-state index contributed by atoms with van der Waals surface area (Å²) in [5.74, 6) is 0. The topological polar surface area (TPSA) is 56.0 Å². The van der Waals surface area contributed by atoms with Gasteiger partial charge in [-0.25, -0.2) is 0 Å². The fraction of sp³-hybridized carbons (Fsp3) is 0.0833. The maximum Gasteiger partial charge on any atom is 0.288 e. The van der Waals surface area contributed by atoms with Gasteiger partial charge in [0.05, 0.1) is 4.92 Å². The van der Waals surface area contributed by atoms with E-state index in [9.17, 15) is 10.1 Å². The third-order valence-corrected chi connectivity index (χ3v) is 3.10. The number of hydrogen-bond donors (Lipinski definition) is 0. The Morgan fingerprint density at radius 3 is 2.47 bits per heavy atom. The molecule has 1 aromatic heterocycles. The molecule has 0 aliphatic carbocycles. The Morgan fingerprint density at radius 1 is 1.18 bits per heavy atom. The van der Waals surface area contributed by atoms with E-state index < -0.39 is 4.92 Å². The van der Waals surface area contributed by atoms with Gasteiger partial charge >= 0.3 is 0 Å². The molecule has 0 fully saturated rings. The summed E-state index contributed by atoms with van der Waals surface area (Å²) in [6.45, 7) is 0. The highest BCUT2D eigenvalue weighted by atomic mass is 32.2. The number of rotatable bonds is 3. The Kier molecular flexibility index (Phi) is 3.39.